The van der Waals surface area contributed by atoms with Gasteiger partial charge in [-0.25, -0.2) is 9.97 Å². The van der Waals surface area contributed by atoms with Gasteiger partial charge in [-0.15, -0.1) is 0 Å². The Hall–Kier alpha value is -0.880. The summed E-state index contributed by atoms with van der Waals surface area (Å²) in [6.07, 6.45) is 4.94. The van der Waals surface area contributed by atoms with Gasteiger partial charge in [-0.2, -0.15) is 0 Å². The van der Waals surface area contributed by atoms with Crippen molar-refractivity contribution in [2.24, 2.45) is 5.92 Å². The zero-order valence-electron chi connectivity index (χ0n) is 10.1. The molecule has 0 radical (unpaired) electrons. The Labute approximate surface area is 114 Å². The zero-order valence-corrected chi connectivity index (χ0v) is 11.6. The normalized spacial score (nSPS) is 16.1. The lowest BCUT2D eigenvalue weighted by molar-refractivity contribution is -0.389. The number of aromatic nitrogens is 2. The van der Waals surface area contributed by atoms with Crippen LogP contribution in [0.3, 0.4) is 0 Å². The number of aryl methyl sites for hydroxylation is 1. The fraction of sp³-hybridized carbons (Fsp3) is 0.636. The molecule has 1 saturated carbocycles. The fourth-order valence-corrected chi connectivity index (χ4v) is 3.69. The third-order valence-corrected chi connectivity index (χ3v) is 4.48. The molecule has 1 fully saturated rings. The van der Waals surface area contributed by atoms with Crippen LogP contribution in [0.2, 0.25) is 5.28 Å². The van der Waals surface area contributed by atoms with Crippen molar-refractivity contribution in [1.82, 2.24) is 9.97 Å². The van der Waals surface area contributed by atoms with E-state index in [9.17, 15) is 10.1 Å². The molecule has 0 N–H and O–H groups in total. The van der Waals surface area contributed by atoms with E-state index in [0.29, 0.717) is 16.6 Å². The quantitative estimate of drug-likeness (QED) is 0.278. The fourth-order valence-electron chi connectivity index (χ4n) is 2.19. The molecule has 98 valence electrons. The molecule has 0 bridgehead atoms. The van der Waals surface area contributed by atoms with E-state index in [2.05, 4.69) is 9.97 Å². The third-order valence-electron chi connectivity index (χ3n) is 3.11. The number of hydrogen-bond donors (Lipinski definition) is 0. The first-order valence-electron chi connectivity index (χ1n) is 5.89. The zero-order chi connectivity index (χ0) is 13.1. The van der Waals surface area contributed by atoms with Gasteiger partial charge in [0, 0.05) is 5.75 Å². The molecule has 1 aliphatic carbocycles. The number of hydrogen-bond acceptors (Lipinski definition) is 5. The second kappa shape index (κ2) is 5.84. The molecule has 0 spiro atoms. The standard InChI is InChI=1S/C11H14ClN3O2S/c1-7-9(15(16)17)10(14-11(12)13-7)18-6-8-4-2-3-5-8/h8H,2-6H2,1H3. The average Bonchev–Trinajstić information content (AvgIpc) is 2.77. The van der Waals surface area contributed by atoms with Crippen LogP contribution in [0.1, 0.15) is 31.4 Å². The van der Waals surface area contributed by atoms with Crippen molar-refractivity contribution in [2.45, 2.75) is 37.6 Å². The topological polar surface area (TPSA) is 68.9 Å². The Bertz CT molecular complexity index is 464. The van der Waals surface area contributed by atoms with Gasteiger partial charge in [0.1, 0.15) is 5.69 Å². The predicted octanol–water partition coefficient (Wildman–Crippen LogP) is 3.63. The number of thioether (sulfide) groups is 1. The molecule has 1 aromatic heterocycles. The van der Waals surface area contributed by atoms with Crippen molar-refractivity contribution in [3.8, 4) is 0 Å². The first kappa shape index (κ1) is 13.5. The summed E-state index contributed by atoms with van der Waals surface area (Å²) in [6, 6.07) is 0. The number of nitro groups is 1. The molecule has 0 unspecified atom stereocenters. The maximum absolute atomic E-state index is 11.0. The Morgan fingerprint density at radius 3 is 2.72 bits per heavy atom. The van der Waals surface area contributed by atoms with Crippen molar-refractivity contribution >= 4 is 29.1 Å². The lowest BCUT2D eigenvalue weighted by Gasteiger charge is -2.08. The van der Waals surface area contributed by atoms with Gasteiger partial charge in [0.25, 0.3) is 0 Å². The molecular weight excluding hydrogens is 274 g/mol. The molecule has 0 aromatic carbocycles. The summed E-state index contributed by atoms with van der Waals surface area (Å²) in [5.41, 5.74) is 0.316. The highest BCUT2D eigenvalue weighted by Gasteiger charge is 2.24. The number of nitrogens with zero attached hydrogens (tertiary/aromatic N) is 3. The molecule has 0 amide bonds. The van der Waals surface area contributed by atoms with E-state index in [1.54, 1.807) is 6.92 Å². The van der Waals surface area contributed by atoms with Gasteiger partial charge in [-0.1, -0.05) is 24.6 Å². The van der Waals surface area contributed by atoms with E-state index < -0.39 is 4.92 Å². The highest BCUT2D eigenvalue weighted by Crippen LogP contribution is 2.35. The van der Waals surface area contributed by atoms with Crippen molar-refractivity contribution in [3.05, 3.63) is 21.1 Å². The predicted molar refractivity (Wildman–Crippen MR) is 71.1 cm³/mol. The summed E-state index contributed by atoms with van der Waals surface area (Å²) in [6.45, 7) is 1.59. The largest absolute Gasteiger partial charge is 0.322 e. The molecule has 0 saturated heterocycles. The Kier molecular flexibility index (Phi) is 4.40. The molecule has 0 aliphatic heterocycles. The average molecular weight is 288 g/mol. The summed E-state index contributed by atoms with van der Waals surface area (Å²) < 4.78 is 0. The Morgan fingerprint density at radius 2 is 2.11 bits per heavy atom. The minimum absolute atomic E-state index is 0.0117. The molecule has 1 aliphatic rings. The SMILES string of the molecule is Cc1nc(Cl)nc(SCC2CCCC2)c1[N+](=O)[O-]. The summed E-state index contributed by atoms with van der Waals surface area (Å²) in [4.78, 5) is 18.4. The van der Waals surface area contributed by atoms with Gasteiger partial charge < -0.3 is 0 Å². The van der Waals surface area contributed by atoms with E-state index in [0.717, 1.165) is 5.75 Å². The smallest absolute Gasteiger partial charge is 0.258 e. The molecule has 1 aromatic rings. The van der Waals surface area contributed by atoms with Gasteiger partial charge in [0.05, 0.1) is 4.92 Å². The van der Waals surface area contributed by atoms with Gasteiger partial charge in [-0.05, 0) is 37.3 Å². The maximum atomic E-state index is 11.0. The van der Waals surface area contributed by atoms with Crippen LogP contribution in [0.25, 0.3) is 0 Å². The van der Waals surface area contributed by atoms with E-state index >= 15 is 0 Å². The molecule has 0 atom stereocenters. The molecule has 18 heavy (non-hydrogen) atoms. The van der Waals surface area contributed by atoms with E-state index in [1.165, 1.54) is 37.4 Å². The van der Waals surface area contributed by atoms with Crippen molar-refractivity contribution in [2.75, 3.05) is 5.75 Å². The highest BCUT2D eigenvalue weighted by molar-refractivity contribution is 7.99. The second-order valence-electron chi connectivity index (χ2n) is 4.45. The van der Waals surface area contributed by atoms with Gasteiger partial charge >= 0.3 is 5.69 Å². The van der Waals surface area contributed by atoms with E-state index in [-0.39, 0.29) is 11.0 Å². The van der Waals surface area contributed by atoms with Gasteiger partial charge in [0.2, 0.25) is 5.28 Å². The molecule has 1 heterocycles. The molecule has 5 nitrogen and oxygen atoms in total. The summed E-state index contributed by atoms with van der Waals surface area (Å²) >= 11 is 7.19. The molecule has 7 heteroatoms. The minimum atomic E-state index is -0.428. The van der Waals surface area contributed by atoms with Crippen LogP contribution in [0, 0.1) is 23.0 Å². The molecule has 2 rings (SSSR count). The second-order valence-corrected chi connectivity index (χ2v) is 5.80. The molecular formula is C11H14ClN3O2S. The van der Waals surface area contributed by atoms with E-state index in [4.69, 9.17) is 11.6 Å². The Morgan fingerprint density at radius 1 is 1.44 bits per heavy atom. The van der Waals surface area contributed by atoms with Crippen LogP contribution in [-0.2, 0) is 0 Å². The monoisotopic (exact) mass is 287 g/mol. The van der Waals surface area contributed by atoms with Crippen LogP contribution in [0.15, 0.2) is 5.03 Å². The maximum Gasteiger partial charge on any atom is 0.322 e. The summed E-state index contributed by atoms with van der Waals surface area (Å²) in [7, 11) is 0. The summed E-state index contributed by atoms with van der Waals surface area (Å²) in [5, 5.41) is 11.5. The third kappa shape index (κ3) is 3.11. The highest BCUT2D eigenvalue weighted by atomic mass is 35.5. The summed E-state index contributed by atoms with van der Waals surface area (Å²) in [5.74, 6) is 1.51. The first-order valence-corrected chi connectivity index (χ1v) is 7.25. The van der Waals surface area contributed by atoms with Crippen molar-refractivity contribution < 1.29 is 4.92 Å². The van der Waals surface area contributed by atoms with Crippen molar-refractivity contribution in [1.29, 1.82) is 0 Å². The van der Waals surface area contributed by atoms with Crippen LogP contribution in [0.5, 0.6) is 0 Å². The first-order chi connectivity index (χ1) is 8.58. The Balaban J connectivity index is 2.16. The lowest BCUT2D eigenvalue weighted by Crippen LogP contribution is -2.03. The number of halogens is 1. The van der Waals surface area contributed by atoms with Gasteiger partial charge in [-0.3, -0.25) is 10.1 Å². The lowest BCUT2D eigenvalue weighted by atomic mass is 10.1. The minimum Gasteiger partial charge on any atom is -0.258 e. The van der Waals surface area contributed by atoms with Gasteiger partial charge in [0.15, 0.2) is 5.03 Å². The van der Waals surface area contributed by atoms with Crippen LogP contribution in [0.4, 0.5) is 5.69 Å². The number of rotatable bonds is 4. The van der Waals surface area contributed by atoms with Crippen LogP contribution in [-0.4, -0.2) is 20.6 Å². The van der Waals surface area contributed by atoms with Crippen LogP contribution < -0.4 is 0 Å². The van der Waals surface area contributed by atoms with Crippen LogP contribution >= 0.6 is 23.4 Å². The van der Waals surface area contributed by atoms with E-state index in [1.807, 2.05) is 0 Å². The van der Waals surface area contributed by atoms with Crippen molar-refractivity contribution in [3.63, 3.8) is 0 Å².